The molecule has 39 heavy (non-hydrogen) atoms. The molecule has 3 aromatic rings. The van der Waals surface area contributed by atoms with Gasteiger partial charge in [-0.3, -0.25) is 14.5 Å². The quantitative estimate of drug-likeness (QED) is 0.388. The molecule has 2 heterocycles. The summed E-state index contributed by atoms with van der Waals surface area (Å²) in [5.41, 5.74) is 8.39. The van der Waals surface area contributed by atoms with Gasteiger partial charge in [0.15, 0.2) is 0 Å². The van der Waals surface area contributed by atoms with Crippen LogP contribution in [0.3, 0.4) is 0 Å². The highest BCUT2D eigenvalue weighted by atomic mass is 19.1. The topological polar surface area (TPSA) is 127 Å². The maximum Gasteiger partial charge on any atom is 0.255 e. The summed E-state index contributed by atoms with van der Waals surface area (Å²) in [7, 11) is 1.96. The number of carbonyl (C=O) groups is 2. The van der Waals surface area contributed by atoms with Gasteiger partial charge >= 0.3 is 0 Å². The minimum atomic E-state index is -0.313. The van der Waals surface area contributed by atoms with Crippen LogP contribution in [0.15, 0.2) is 60.7 Å². The second-order valence-electron chi connectivity index (χ2n) is 9.45. The molecule has 1 aliphatic heterocycles. The first-order valence-electron chi connectivity index (χ1n) is 12.8. The Morgan fingerprint density at radius 3 is 2.74 bits per heavy atom. The lowest BCUT2D eigenvalue weighted by Crippen LogP contribution is -2.57. The van der Waals surface area contributed by atoms with Gasteiger partial charge < -0.3 is 21.3 Å². The molecule has 0 radical (unpaired) electrons. The number of anilines is 1. The molecular formula is C29H32FN7O2. The van der Waals surface area contributed by atoms with Crippen LogP contribution < -0.4 is 16.4 Å². The van der Waals surface area contributed by atoms with Crippen LogP contribution in [0.4, 0.5) is 10.2 Å². The number of hydrogen-bond donors (Lipinski definition) is 3. The van der Waals surface area contributed by atoms with Gasteiger partial charge in [0.1, 0.15) is 11.6 Å². The molecule has 9 nitrogen and oxygen atoms in total. The number of hydrogen-bond acceptors (Lipinski definition) is 7. The minimum Gasteiger partial charge on any atom is -0.369 e. The van der Waals surface area contributed by atoms with Crippen LogP contribution in [0.5, 0.6) is 0 Å². The number of likely N-dealkylation sites (N-methyl/N-ethyl adjacent to an activating group) is 1. The highest BCUT2D eigenvalue weighted by Crippen LogP contribution is 2.25. The smallest absolute Gasteiger partial charge is 0.255 e. The van der Waals surface area contributed by atoms with E-state index in [1.54, 1.807) is 35.2 Å². The Balaban J connectivity index is 1.53. The average molecular weight is 530 g/mol. The molecular weight excluding hydrogens is 497 g/mol. The van der Waals surface area contributed by atoms with Crippen LogP contribution in [-0.4, -0.2) is 79.0 Å². The van der Waals surface area contributed by atoms with Gasteiger partial charge in [-0.05, 0) is 49.4 Å². The maximum atomic E-state index is 13.6. The fourth-order valence-corrected chi connectivity index (χ4v) is 4.58. The Hall–Kier alpha value is -4.33. The third-order valence-electron chi connectivity index (χ3n) is 6.86. The first-order valence-corrected chi connectivity index (χ1v) is 12.8. The number of piperazine rings is 1. The van der Waals surface area contributed by atoms with Crippen LogP contribution in [-0.2, 0) is 11.2 Å². The van der Waals surface area contributed by atoms with Crippen molar-refractivity contribution in [2.24, 2.45) is 5.73 Å². The maximum absolute atomic E-state index is 13.6. The molecule has 2 aromatic carbocycles. The third kappa shape index (κ3) is 6.96. The summed E-state index contributed by atoms with van der Waals surface area (Å²) in [6, 6.07) is 19.0. The summed E-state index contributed by atoms with van der Waals surface area (Å²) in [6.07, 6.45) is 0.525. The predicted molar refractivity (Wildman–Crippen MR) is 147 cm³/mol. The van der Waals surface area contributed by atoms with E-state index in [0.717, 1.165) is 5.56 Å². The van der Waals surface area contributed by atoms with E-state index in [4.69, 9.17) is 10.7 Å². The zero-order valence-electron chi connectivity index (χ0n) is 21.9. The molecule has 10 heteroatoms. The van der Waals surface area contributed by atoms with Crippen molar-refractivity contribution in [3.8, 4) is 17.3 Å². The number of pyridine rings is 1. The number of benzene rings is 2. The molecule has 0 bridgehead atoms. The van der Waals surface area contributed by atoms with Gasteiger partial charge in [-0.2, -0.15) is 5.26 Å². The predicted octanol–water partition coefficient (Wildman–Crippen LogP) is 2.25. The largest absolute Gasteiger partial charge is 0.369 e. The van der Waals surface area contributed by atoms with Crippen LogP contribution in [0.2, 0.25) is 0 Å². The molecule has 0 unspecified atom stereocenters. The molecule has 0 spiro atoms. The monoisotopic (exact) mass is 529 g/mol. The summed E-state index contributed by atoms with van der Waals surface area (Å²) in [5.74, 6) is -0.362. The second-order valence-corrected chi connectivity index (χ2v) is 9.45. The Morgan fingerprint density at radius 1 is 1.15 bits per heavy atom. The number of aromatic nitrogens is 1. The first-order chi connectivity index (χ1) is 18.9. The summed E-state index contributed by atoms with van der Waals surface area (Å²) >= 11 is 0. The fraction of sp³-hybridized carbons (Fsp3) is 0.310. The van der Waals surface area contributed by atoms with Crippen LogP contribution >= 0.6 is 0 Å². The van der Waals surface area contributed by atoms with E-state index in [1.807, 2.05) is 25.2 Å². The van der Waals surface area contributed by atoms with E-state index in [9.17, 15) is 19.2 Å². The van der Waals surface area contributed by atoms with Crippen molar-refractivity contribution in [1.29, 1.82) is 5.26 Å². The molecule has 0 aliphatic carbocycles. The minimum absolute atomic E-state index is 0.0413. The van der Waals surface area contributed by atoms with Gasteiger partial charge in [0.25, 0.3) is 5.91 Å². The molecule has 1 fully saturated rings. The zero-order chi connectivity index (χ0) is 27.8. The molecule has 1 aromatic heterocycles. The number of nitrogens with zero attached hydrogens (tertiary/aromatic N) is 4. The van der Waals surface area contributed by atoms with Gasteiger partial charge in [-0.15, -0.1) is 0 Å². The van der Waals surface area contributed by atoms with Gasteiger partial charge in [-0.25, -0.2) is 9.37 Å². The van der Waals surface area contributed by atoms with Crippen LogP contribution in [0.25, 0.3) is 11.3 Å². The SMILES string of the molecule is CN1CCN(C(=O)CN)C[C@@H]1CNC(=O)c1ccc(-c2ccccc2C#N)nc1NCCc1cccc(F)c1. The van der Waals surface area contributed by atoms with E-state index in [-0.39, 0.29) is 30.2 Å². The molecule has 1 atom stereocenters. The number of nitrogens with one attached hydrogen (secondary N) is 2. The standard InChI is InChI=1S/C29H32FN7O2/c1-36-13-14-37(27(38)17-32)19-23(36)18-34-29(39)25-9-10-26(24-8-3-2-6-21(24)16-31)35-28(25)33-12-11-20-5-4-7-22(30)15-20/h2-10,15,23H,11-14,17-19,32H2,1H3,(H,33,35)(H,34,39)/t23-/m0/s1. The van der Waals surface area contributed by atoms with Crippen molar-refractivity contribution in [2.75, 3.05) is 51.6 Å². The van der Waals surface area contributed by atoms with Crippen molar-refractivity contribution in [2.45, 2.75) is 12.5 Å². The Kier molecular flexibility index (Phi) is 9.20. The molecule has 202 valence electrons. The van der Waals surface area contributed by atoms with Gasteiger partial charge in [0, 0.05) is 44.3 Å². The molecule has 1 saturated heterocycles. The molecule has 4 rings (SSSR count). The second kappa shape index (κ2) is 13.0. The third-order valence-corrected chi connectivity index (χ3v) is 6.86. The van der Waals surface area contributed by atoms with E-state index < -0.39 is 0 Å². The molecule has 2 amide bonds. The van der Waals surface area contributed by atoms with Gasteiger partial charge in [0.2, 0.25) is 5.91 Å². The van der Waals surface area contributed by atoms with Gasteiger partial charge in [-0.1, -0.05) is 30.3 Å². The number of rotatable bonds is 9. The lowest BCUT2D eigenvalue weighted by atomic mass is 10.0. The summed E-state index contributed by atoms with van der Waals surface area (Å²) in [6.45, 7) is 2.49. The Bertz CT molecular complexity index is 1370. The Morgan fingerprint density at radius 2 is 1.97 bits per heavy atom. The van der Waals surface area contributed by atoms with Crippen molar-refractivity contribution in [3.05, 3.63) is 83.2 Å². The molecule has 0 saturated carbocycles. The average Bonchev–Trinajstić information content (AvgIpc) is 2.96. The summed E-state index contributed by atoms with van der Waals surface area (Å²) in [5, 5.41) is 15.8. The highest BCUT2D eigenvalue weighted by Gasteiger charge is 2.27. The summed E-state index contributed by atoms with van der Waals surface area (Å²) in [4.78, 5) is 33.9. The fourth-order valence-electron chi connectivity index (χ4n) is 4.58. The van der Waals surface area contributed by atoms with Crippen molar-refractivity contribution >= 4 is 17.6 Å². The van der Waals surface area contributed by atoms with E-state index in [0.29, 0.717) is 67.3 Å². The lowest BCUT2D eigenvalue weighted by Gasteiger charge is -2.39. The zero-order valence-corrected chi connectivity index (χ0v) is 21.9. The van der Waals surface area contributed by atoms with Crippen molar-refractivity contribution in [1.82, 2.24) is 20.1 Å². The number of nitrogens with two attached hydrogens (primary N) is 1. The van der Waals surface area contributed by atoms with Crippen molar-refractivity contribution in [3.63, 3.8) is 0 Å². The normalized spacial score (nSPS) is 15.4. The molecule has 4 N–H and O–H groups in total. The molecule has 1 aliphatic rings. The Labute approximate surface area is 227 Å². The number of carbonyl (C=O) groups excluding carboxylic acids is 2. The van der Waals surface area contributed by atoms with E-state index in [2.05, 4.69) is 21.6 Å². The number of amides is 2. The van der Waals surface area contributed by atoms with E-state index >= 15 is 0 Å². The lowest BCUT2D eigenvalue weighted by molar-refractivity contribution is -0.132. The van der Waals surface area contributed by atoms with Gasteiger partial charge in [0.05, 0.1) is 29.4 Å². The number of nitriles is 1. The number of halogens is 1. The van der Waals surface area contributed by atoms with Crippen LogP contribution in [0.1, 0.15) is 21.5 Å². The summed E-state index contributed by atoms with van der Waals surface area (Å²) < 4.78 is 13.6. The van der Waals surface area contributed by atoms with Crippen molar-refractivity contribution < 1.29 is 14.0 Å². The van der Waals surface area contributed by atoms with Crippen LogP contribution in [0, 0.1) is 17.1 Å². The first kappa shape index (κ1) is 27.7. The van der Waals surface area contributed by atoms with E-state index in [1.165, 1.54) is 12.1 Å². The highest BCUT2D eigenvalue weighted by molar-refractivity contribution is 5.99.